The summed E-state index contributed by atoms with van der Waals surface area (Å²) in [6, 6.07) is 19.2. The highest BCUT2D eigenvalue weighted by molar-refractivity contribution is 6.30. The maximum atomic E-state index is 12.7. The Labute approximate surface area is 176 Å². The summed E-state index contributed by atoms with van der Waals surface area (Å²) in [5.41, 5.74) is 5.57. The Morgan fingerprint density at radius 1 is 1.17 bits per heavy atom. The van der Waals surface area contributed by atoms with Gasteiger partial charge in [0.15, 0.2) is 0 Å². The van der Waals surface area contributed by atoms with Gasteiger partial charge in [0, 0.05) is 27.8 Å². The lowest BCUT2D eigenvalue weighted by molar-refractivity contribution is -0.112. The van der Waals surface area contributed by atoms with E-state index in [0.717, 1.165) is 40.3 Å². The average Bonchev–Trinajstić information content (AvgIpc) is 3.00. The maximum absolute atomic E-state index is 12.7. The first kappa shape index (κ1) is 20.4. The Bertz CT molecular complexity index is 1120. The van der Waals surface area contributed by atoms with Crippen molar-refractivity contribution in [3.63, 3.8) is 0 Å². The van der Waals surface area contributed by atoms with Crippen LogP contribution in [0.25, 0.3) is 11.8 Å². The highest BCUT2D eigenvalue weighted by Gasteiger charge is 2.15. The number of hydrogen-bond donors (Lipinski definition) is 1. The Kier molecular flexibility index (Phi) is 6.21. The topological polar surface area (TPSA) is 57.8 Å². The lowest BCUT2D eigenvalue weighted by atomic mass is 10.1. The van der Waals surface area contributed by atoms with Gasteiger partial charge in [-0.05, 0) is 73.9 Å². The second-order valence-electron chi connectivity index (χ2n) is 6.77. The SMILES string of the molecule is CCc1ccccc1NC(=O)/C(C#N)=C\c1cc(C)n(-c2ccc(Cl)cc2)c1C. The van der Waals surface area contributed by atoms with Crippen LogP contribution < -0.4 is 5.32 Å². The van der Waals surface area contributed by atoms with Crippen molar-refractivity contribution in [3.05, 3.63) is 87.7 Å². The summed E-state index contributed by atoms with van der Waals surface area (Å²) in [5, 5.41) is 13.1. The van der Waals surface area contributed by atoms with E-state index in [-0.39, 0.29) is 5.57 Å². The summed E-state index contributed by atoms with van der Waals surface area (Å²) < 4.78 is 2.07. The van der Waals surface area contributed by atoms with Crippen LogP contribution in [-0.4, -0.2) is 10.5 Å². The standard InChI is InChI=1S/C24H22ClN3O/c1-4-18-7-5-6-8-23(18)27-24(29)20(15-26)14-19-13-16(2)28(17(19)3)22-11-9-21(25)10-12-22/h5-14H,4H2,1-3H3,(H,27,29)/b20-14-. The molecule has 0 spiro atoms. The van der Waals surface area contributed by atoms with Gasteiger partial charge in [0.05, 0.1) is 0 Å². The number of nitrogens with one attached hydrogen (secondary N) is 1. The van der Waals surface area contributed by atoms with Crippen LogP contribution in [0, 0.1) is 25.2 Å². The second-order valence-corrected chi connectivity index (χ2v) is 7.21. The molecule has 0 bridgehead atoms. The van der Waals surface area contributed by atoms with Crippen molar-refractivity contribution in [2.75, 3.05) is 5.32 Å². The van der Waals surface area contributed by atoms with E-state index in [9.17, 15) is 10.1 Å². The van der Waals surface area contributed by atoms with Gasteiger partial charge in [-0.1, -0.05) is 36.7 Å². The summed E-state index contributed by atoms with van der Waals surface area (Å²) in [4.78, 5) is 12.7. The van der Waals surface area contributed by atoms with Crippen molar-refractivity contribution in [1.29, 1.82) is 5.26 Å². The predicted octanol–water partition coefficient (Wildman–Crippen LogP) is 5.86. The molecule has 1 N–H and O–H groups in total. The largest absolute Gasteiger partial charge is 0.321 e. The molecule has 1 heterocycles. The number of benzene rings is 2. The number of para-hydroxylation sites is 1. The molecule has 3 rings (SSSR count). The number of anilines is 1. The van der Waals surface area contributed by atoms with E-state index in [1.807, 2.05) is 81.4 Å². The molecule has 29 heavy (non-hydrogen) atoms. The molecule has 0 atom stereocenters. The zero-order valence-electron chi connectivity index (χ0n) is 16.7. The zero-order chi connectivity index (χ0) is 21.0. The first-order chi connectivity index (χ1) is 13.9. The van der Waals surface area contributed by atoms with E-state index in [2.05, 4.69) is 9.88 Å². The van der Waals surface area contributed by atoms with Gasteiger partial charge in [0.2, 0.25) is 0 Å². The summed E-state index contributed by atoms with van der Waals surface area (Å²) in [5.74, 6) is -0.412. The molecule has 1 amide bonds. The minimum atomic E-state index is -0.412. The number of rotatable bonds is 5. The van der Waals surface area contributed by atoms with Gasteiger partial charge in [-0.3, -0.25) is 4.79 Å². The Morgan fingerprint density at radius 2 is 1.86 bits per heavy atom. The number of carbonyl (C=O) groups excluding carboxylic acids is 1. The summed E-state index contributed by atoms with van der Waals surface area (Å²) in [6.45, 7) is 5.98. The lowest BCUT2D eigenvalue weighted by Crippen LogP contribution is -2.14. The Morgan fingerprint density at radius 3 is 2.52 bits per heavy atom. The monoisotopic (exact) mass is 403 g/mol. The minimum absolute atomic E-state index is 0.0623. The normalized spacial score (nSPS) is 11.2. The van der Waals surface area contributed by atoms with Crippen molar-refractivity contribution in [3.8, 4) is 11.8 Å². The fourth-order valence-corrected chi connectivity index (χ4v) is 3.49. The molecule has 1 aromatic heterocycles. The van der Waals surface area contributed by atoms with Crippen LogP contribution in [0.3, 0.4) is 0 Å². The van der Waals surface area contributed by atoms with E-state index in [4.69, 9.17) is 11.6 Å². The Balaban J connectivity index is 1.93. The smallest absolute Gasteiger partial charge is 0.266 e. The first-order valence-corrected chi connectivity index (χ1v) is 9.78. The number of aryl methyl sites for hydroxylation is 2. The van der Waals surface area contributed by atoms with Gasteiger partial charge in [0.25, 0.3) is 5.91 Å². The van der Waals surface area contributed by atoms with E-state index in [1.165, 1.54) is 0 Å². The fourth-order valence-electron chi connectivity index (χ4n) is 3.37. The molecule has 0 aliphatic rings. The Hall–Kier alpha value is -3.29. The van der Waals surface area contributed by atoms with E-state index >= 15 is 0 Å². The summed E-state index contributed by atoms with van der Waals surface area (Å²) in [7, 11) is 0. The van der Waals surface area contributed by atoms with Gasteiger partial charge < -0.3 is 9.88 Å². The molecular formula is C24H22ClN3O. The zero-order valence-corrected chi connectivity index (χ0v) is 17.4. The number of hydrogen-bond acceptors (Lipinski definition) is 2. The third-order valence-corrected chi connectivity index (χ3v) is 5.12. The number of halogens is 1. The summed E-state index contributed by atoms with van der Waals surface area (Å²) in [6.07, 6.45) is 2.43. The van der Waals surface area contributed by atoms with Crippen molar-refractivity contribution in [1.82, 2.24) is 4.57 Å². The molecule has 5 heteroatoms. The van der Waals surface area contributed by atoms with E-state index < -0.39 is 5.91 Å². The molecule has 0 aliphatic carbocycles. The lowest BCUT2D eigenvalue weighted by Gasteiger charge is -2.10. The van der Waals surface area contributed by atoms with Crippen LogP contribution >= 0.6 is 11.6 Å². The van der Waals surface area contributed by atoms with Crippen LogP contribution in [0.2, 0.25) is 5.02 Å². The van der Waals surface area contributed by atoms with Gasteiger partial charge in [-0.15, -0.1) is 0 Å². The van der Waals surface area contributed by atoms with Gasteiger partial charge in [-0.2, -0.15) is 5.26 Å². The van der Waals surface area contributed by atoms with Crippen molar-refractivity contribution < 1.29 is 4.79 Å². The quantitative estimate of drug-likeness (QED) is 0.428. The fraction of sp³-hybridized carbons (Fsp3) is 0.167. The molecule has 3 aromatic rings. The van der Waals surface area contributed by atoms with Crippen LogP contribution in [0.4, 0.5) is 5.69 Å². The number of amides is 1. The molecule has 0 aliphatic heterocycles. The number of aromatic nitrogens is 1. The van der Waals surface area contributed by atoms with Crippen LogP contribution in [0.15, 0.2) is 60.2 Å². The molecule has 0 saturated heterocycles. The highest BCUT2D eigenvalue weighted by atomic mass is 35.5. The third-order valence-electron chi connectivity index (χ3n) is 4.87. The first-order valence-electron chi connectivity index (χ1n) is 9.40. The summed E-state index contributed by atoms with van der Waals surface area (Å²) >= 11 is 6.00. The van der Waals surface area contributed by atoms with Gasteiger partial charge in [0.1, 0.15) is 11.6 Å². The predicted molar refractivity (Wildman–Crippen MR) is 118 cm³/mol. The maximum Gasteiger partial charge on any atom is 0.266 e. The van der Waals surface area contributed by atoms with Crippen LogP contribution in [-0.2, 0) is 11.2 Å². The van der Waals surface area contributed by atoms with Crippen LogP contribution in [0.1, 0.15) is 29.4 Å². The van der Waals surface area contributed by atoms with E-state index in [1.54, 1.807) is 6.08 Å². The van der Waals surface area contributed by atoms with Crippen LogP contribution in [0.5, 0.6) is 0 Å². The average molecular weight is 404 g/mol. The van der Waals surface area contributed by atoms with Gasteiger partial charge in [-0.25, -0.2) is 0 Å². The molecule has 4 nitrogen and oxygen atoms in total. The second kappa shape index (κ2) is 8.81. The molecule has 0 fully saturated rings. The molecule has 2 aromatic carbocycles. The molecule has 146 valence electrons. The van der Waals surface area contributed by atoms with Crippen molar-refractivity contribution in [2.45, 2.75) is 27.2 Å². The molecule has 0 radical (unpaired) electrons. The molecule has 0 saturated carbocycles. The van der Waals surface area contributed by atoms with Crippen molar-refractivity contribution >= 4 is 29.3 Å². The van der Waals surface area contributed by atoms with E-state index in [0.29, 0.717) is 5.02 Å². The third kappa shape index (κ3) is 4.42. The van der Waals surface area contributed by atoms with Crippen molar-refractivity contribution in [2.24, 2.45) is 0 Å². The van der Waals surface area contributed by atoms with Gasteiger partial charge >= 0.3 is 0 Å². The number of nitriles is 1. The minimum Gasteiger partial charge on any atom is -0.321 e. The molecule has 0 unspecified atom stereocenters. The number of nitrogens with zero attached hydrogens (tertiary/aromatic N) is 2. The molecular weight excluding hydrogens is 382 g/mol. The number of carbonyl (C=O) groups is 1. The highest BCUT2D eigenvalue weighted by Crippen LogP contribution is 2.24.